The molecule has 1 N–H and O–H groups in total. The average Bonchev–Trinajstić information content (AvgIpc) is 2.36. The van der Waals surface area contributed by atoms with Crippen molar-refractivity contribution in [1.82, 2.24) is 5.32 Å². The molecule has 0 aromatic heterocycles. The summed E-state index contributed by atoms with van der Waals surface area (Å²) >= 11 is 0. The van der Waals surface area contributed by atoms with Crippen molar-refractivity contribution >= 4 is 0 Å². The molecule has 0 aliphatic heterocycles. The summed E-state index contributed by atoms with van der Waals surface area (Å²) in [6, 6.07) is 8.21. The molecule has 18 heavy (non-hydrogen) atoms. The van der Waals surface area contributed by atoms with Crippen LogP contribution in [0.4, 0.5) is 0 Å². The molecule has 0 heterocycles. The molecule has 0 fully saturated rings. The Kier molecular flexibility index (Phi) is 7.46. The standard InChI is InChI=1S/C15H25NO2/c1-13(2)12-16-9-8-14-6-4-5-7-15(14)18-11-10-17-3/h4-7,13,16H,8-12H2,1-3H3. The average molecular weight is 251 g/mol. The second-order valence-corrected chi connectivity index (χ2v) is 4.80. The summed E-state index contributed by atoms with van der Waals surface area (Å²) < 4.78 is 10.7. The minimum absolute atomic E-state index is 0.604. The molecule has 0 saturated heterocycles. The third kappa shape index (κ3) is 6.03. The molecule has 1 aromatic rings. The van der Waals surface area contributed by atoms with Gasteiger partial charge in [-0.2, -0.15) is 0 Å². The van der Waals surface area contributed by atoms with E-state index in [9.17, 15) is 0 Å². The van der Waals surface area contributed by atoms with Gasteiger partial charge in [-0.05, 0) is 37.1 Å². The van der Waals surface area contributed by atoms with Gasteiger partial charge in [0, 0.05) is 7.11 Å². The van der Waals surface area contributed by atoms with Crippen molar-refractivity contribution in [2.45, 2.75) is 20.3 Å². The lowest BCUT2D eigenvalue weighted by Crippen LogP contribution is -2.22. The number of hydrogen-bond donors (Lipinski definition) is 1. The highest BCUT2D eigenvalue weighted by atomic mass is 16.5. The van der Waals surface area contributed by atoms with Crippen molar-refractivity contribution in [3.8, 4) is 5.75 Å². The Bertz CT molecular complexity index is 326. The number of benzene rings is 1. The Morgan fingerprint density at radius 2 is 1.94 bits per heavy atom. The van der Waals surface area contributed by atoms with Crippen LogP contribution in [0.2, 0.25) is 0 Å². The summed E-state index contributed by atoms with van der Waals surface area (Å²) in [6.07, 6.45) is 0.996. The lowest BCUT2D eigenvalue weighted by atomic mass is 10.1. The number of methoxy groups -OCH3 is 1. The van der Waals surface area contributed by atoms with Gasteiger partial charge >= 0.3 is 0 Å². The van der Waals surface area contributed by atoms with Gasteiger partial charge in [-0.1, -0.05) is 32.0 Å². The fraction of sp³-hybridized carbons (Fsp3) is 0.600. The molecule has 1 aromatic carbocycles. The van der Waals surface area contributed by atoms with Crippen molar-refractivity contribution < 1.29 is 9.47 Å². The molecule has 3 nitrogen and oxygen atoms in total. The van der Waals surface area contributed by atoms with E-state index in [0.717, 1.165) is 25.3 Å². The highest BCUT2D eigenvalue weighted by molar-refractivity contribution is 5.33. The third-order valence-electron chi connectivity index (χ3n) is 2.64. The summed E-state index contributed by atoms with van der Waals surface area (Å²) in [6.45, 7) is 7.71. The highest BCUT2D eigenvalue weighted by Crippen LogP contribution is 2.18. The van der Waals surface area contributed by atoms with E-state index >= 15 is 0 Å². The van der Waals surface area contributed by atoms with Crippen LogP contribution in [-0.2, 0) is 11.2 Å². The Hall–Kier alpha value is -1.06. The van der Waals surface area contributed by atoms with Crippen LogP contribution in [0.3, 0.4) is 0 Å². The first-order valence-electron chi connectivity index (χ1n) is 6.64. The maximum absolute atomic E-state index is 5.70. The number of rotatable bonds is 9. The van der Waals surface area contributed by atoms with Gasteiger partial charge < -0.3 is 14.8 Å². The molecule has 0 aliphatic carbocycles. The molecule has 1 rings (SSSR count). The SMILES string of the molecule is COCCOc1ccccc1CCNCC(C)C. The van der Waals surface area contributed by atoms with E-state index in [1.807, 2.05) is 12.1 Å². The van der Waals surface area contributed by atoms with Crippen molar-refractivity contribution in [1.29, 1.82) is 0 Å². The molecule has 0 radical (unpaired) electrons. The van der Waals surface area contributed by atoms with Gasteiger partial charge in [0.05, 0.1) is 6.61 Å². The van der Waals surface area contributed by atoms with Gasteiger partial charge in [0.25, 0.3) is 0 Å². The van der Waals surface area contributed by atoms with Crippen LogP contribution in [-0.4, -0.2) is 33.4 Å². The maximum Gasteiger partial charge on any atom is 0.122 e. The van der Waals surface area contributed by atoms with Crippen LogP contribution in [0, 0.1) is 5.92 Å². The Labute approximate surface area is 110 Å². The molecule has 0 unspecified atom stereocenters. The molecular formula is C15H25NO2. The van der Waals surface area contributed by atoms with Crippen LogP contribution in [0.25, 0.3) is 0 Å². The van der Waals surface area contributed by atoms with E-state index < -0.39 is 0 Å². The molecule has 0 aliphatic rings. The zero-order valence-electron chi connectivity index (χ0n) is 11.7. The van der Waals surface area contributed by atoms with Crippen LogP contribution in [0.5, 0.6) is 5.75 Å². The van der Waals surface area contributed by atoms with Gasteiger partial charge in [0.2, 0.25) is 0 Å². The van der Waals surface area contributed by atoms with Crippen LogP contribution in [0.1, 0.15) is 19.4 Å². The van der Waals surface area contributed by atoms with E-state index in [2.05, 4.69) is 31.3 Å². The summed E-state index contributed by atoms with van der Waals surface area (Å²) in [5, 5.41) is 3.45. The first kappa shape index (κ1) is 15.0. The summed E-state index contributed by atoms with van der Waals surface area (Å²) in [7, 11) is 1.69. The highest BCUT2D eigenvalue weighted by Gasteiger charge is 2.02. The smallest absolute Gasteiger partial charge is 0.122 e. The Morgan fingerprint density at radius 1 is 1.17 bits per heavy atom. The first-order valence-corrected chi connectivity index (χ1v) is 6.64. The first-order chi connectivity index (χ1) is 8.74. The molecule has 0 bridgehead atoms. The van der Waals surface area contributed by atoms with Gasteiger partial charge in [-0.15, -0.1) is 0 Å². The largest absolute Gasteiger partial charge is 0.491 e. The molecule has 0 spiro atoms. The minimum Gasteiger partial charge on any atom is -0.491 e. The van der Waals surface area contributed by atoms with Crippen molar-refractivity contribution in [2.75, 3.05) is 33.4 Å². The zero-order valence-corrected chi connectivity index (χ0v) is 11.7. The van der Waals surface area contributed by atoms with Crippen LogP contribution >= 0.6 is 0 Å². The lowest BCUT2D eigenvalue weighted by molar-refractivity contribution is 0.146. The van der Waals surface area contributed by atoms with E-state index in [1.54, 1.807) is 7.11 Å². The number of para-hydroxylation sites is 1. The minimum atomic E-state index is 0.604. The van der Waals surface area contributed by atoms with E-state index in [-0.39, 0.29) is 0 Å². The van der Waals surface area contributed by atoms with Gasteiger partial charge in [-0.25, -0.2) is 0 Å². The zero-order chi connectivity index (χ0) is 13.2. The van der Waals surface area contributed by atoms with Crippen molar-refractivity contribution in [2.24, 2.45) is 5.92 Å². The molecule has 102 valence electrons. The summed E-state index contributed by atoms with van der Waals surface area (Å²) in [4.78, 5) is 0. The second-order valence-electron chi connectivity index (χ2n) is 4.80. The van der Waals surface area contributed by atoms with E-state index in [1.165, 1.54) is 5.56 Å². The quantitative estimate of drug-likeness (QED) is 0.684. The number of nitrogens with one attached hydrogen (secondary N) is 1. The molecule has 0 atom stereocenters. The molecule has 0 amide bonds. The van der Waals surface area contributed by atoms with Crippen LogP contribution < -0.4 is 10.1 Å². The Morgan fingerprint density at radius 3 is 2.67 bits per heavy atom. The van der Waals surface area contributed by atoms with Gasteiger partial charge in [-0.3, -0.25) is 0 Å². The normalized spacial score (nSPS) is 10.9. The fourth-order valence-corrected chi connectivity index (χ4v) is 1.70. The fourth-order valence-electron chi connectivity index (χ4n) is 1.70. The van der Waals surface area contributed by atoms with Crippen molar-refractivity contribution in [3.63, 3.8) is 0 Å². The predicted molar refractivity (Wildman–Crippen MR) is 75.2 cm³/mol. The molecule has 3 heteroatoms. The second kappa shape index (κ2) is 8.95. The van der Waals surface area contributed by atoms with E-state index in [4.69, 9.17) is 9.47 Å². The Balaban J connectivity index is 2.38. The summed E-state index contributed by atoms with van der Waals surface area (Å²) in [5.41, 5.74) is 1.25. The van der Waals surface area contributed by atoms with E-state index in [0.29, 0.717) is 19.1 Å². The van der Waals surface area contributed by atoms with Crippen LogP contribution in [0.15, 0.2) is 24.3 Å². The topological polar surface area (TPSA) is 30.5 Å². The van der Waals surface area contributed by atoms with Gasteiger partial charge in [0.1, 0.15) is 12.4 Å². The number of hydrogen-bond acceptors (Lipinski definition) is 3. The van der Waals surface area contributed by atoms with Gasteiger partial charge in [0.15, 0.2) is 0 Å². The number of ether oxygens (including phenoxy) is 2. The summed E-state index contributed by atoms with van der Waals surface area (Å²) in [5.74, 6) is 1.67. The monoisotopic (exact) mass is 251 g/mol. The third-order valence-corrected chi connectivity index (χ3v) is 2.64. The maximum atomic E-state index is 5.70. The van der Waals surface area contributed by atoms with Crippen molar-refractivity contribution in [3.05, 3.63) is 29.8 Å². The molecule has 0 saturated carbocycles. The lowest BCUT2D eigenvalue weighted by Gasteiger charge is -2.12. The predicted octanol–water partition coefficient (Wildman–Crippen LogP) is 2.50. The molecular weight excluding hydrogens is 226 g/mol.